The number of fused-ring (bicyclic) bond motifs is 2. The van der Waals surface area contributed by atoms with Crippen molar-refractivity contribution in [3.8, 4) is 5.75 Å². The molecule has 0 saturated carbocycles. The van der Waals surface area contributed by atoms with Gasteiger partial charge in [-0.15, -0.1) is 0 Å². The maximum absolute atomic E-state index is 12.6. The third-order valence-corrected chi connectivity index (χ3v) is 5.33. The largest absolute Gasteiger partial charge is 0.490 e. The predicted molar refractivity (Wildman–Crippen MR) is 105 cm³/mol. The normalized spacial score (nSPS) is 12.0. The van der Waals surface area contributed by atoms with Crippen LogP contribution in [-0.2, 0) is 7.05 Å². The number of carbonyl (C=O) groups excluding carboxylic acids is 1. The zero-order valence-electron chi connectivity index (χ0n) is 15.0. The fourth-order valence-electron chi connectivity index (χ4n) is 2.89. The molecule has 142 valence electrons. The summed E-state index contributed by atoms with van der Waals surface area (Å²) in [5.41, 5.74) is 1.12. The first-order valence-corrected chi connectivity index (χ1v) is 9.28. The highest BCUT2D eigenvalue weighted by atomic mass is 32.1. The number of aryl methyl sites for hydroxylation is 1. The Bertz CT molecular complexity index is 1300. The predicted octanol–water partition coefficient (Wildman–Crippen LogP) is 4.03. The molecule has 28 heavy (non-hydrogen) atoms. The number of hydrogen-bond donors (Lipinski definition) is 0. The van der Waals surface area contributed by atoms with Gasteiger partial charge in [-0.1, -0.05) is 23.5 Å². The minimum absolute atomic E-state index is 0.0143. The van der Waals surface area contributed by atoms with Gasteiger partial charge in [0, 0.05) is 24.6 Å². The molecule has 0 atom stereocenters. The van der Waals surface area contributed by atoms with Crippen LogP contribution in [0.15, 0.2) is 51.9 Å². The summed E-state index contributed by atoms with van der Waals surface area (Å²) in [6.07, 6.45) is 0. The number of hydrogen-bond acceptors (Lipinski definition) is 6. The van der Waals surface area contributed by atoms with Gasteiger partial charge in [-0.2, -0.15) is 4.99 Å². The van der Waals surface area contributed by atoms with E-state index < -0.39 is 10.8 Å². The van der Waals surface area contributed by atoms with Crippen LogP contribution < -0.4 is 9.54 Å². The molecule has 8 nitrogen and oxygen atoms in total. The minimum Gasteiger partial charge on any atom is -0.490 e. The Morgan fingerprint density at radius 3 is 2.89 bits per heavy atom. The molecule has 0 unspecified atom stereocenters. The van der Waals surface area contributed by atoms with Crippen molar-refractivity contribution in [3.05, 3.63) is 63.1 Å². The number of non-ortho nitro benzene ring substituents is 1. The van der Waals surface area contributed by atoms with Gasteiger partial charge < -0.3 is 13.7 Å². The van der Waals surface area contributed by atoms with E-state index in [9.17, 15) is 14.9 Å². The second kappa shape index (κ2) is 6.93. The van der Waals surface area contributed by atoms with Crippen molar-refractivity contribution < 1.29 is 18.9 Å². The highest BCUT2D eigenvalue weighted by Gasteiger charge is 2.16. The van der Waals surface area contributed by atoms with Crippen LogP contribution >= 0.6 is 11.3 Å². The van der Waals surface area contributed by atoms with Gasteiger partial charge in [0.05, 0.1) is 21.7 Å². The number of nitro groups is 1. The standard InChI is InChI=1S/C19H15N3O5S/c1-3-26-14-6-4-5-11-9-15(27-17(11)14)18(23)20-19-21(2)13-10-12(22(24)25)7-8-16(13)28-19/h4-10H,3H2,1-2H3. The van der Waals surface area contributed by atoms with Crippen LogP contribution in [0.2, 0.25) is 0 Å². The first kappa shape index (κ1) is 17.9. The van der Waals surface area contributed by atoms with Crippen molar-refractivity contribution in [1.29, 1.82) is 0 Å². The number of benzene rings is 2. The molecule has 1 amide bonds. The number of carbonyl (C=O) groups is 1. The van der Waals surface area contributed by atoms with Crippen LogP contribution in [0.4, 0.5) is 5.69 Å². The average Bonchev–Trinajstić information content (AvgIpc) is 3.24. The molecule has 0 radical (unpaired) electrons. The van der Waals surface area contributed by atoms with Crippen LogP contribution in [0.25, 0.3) is 21.2 Å². The lowest BCUT2D eigenvalue weighted by atomic mass is 10.2. The molecule has 9 heteroatoms. The van der Waals surface area contributed by atoms with Crippen LogP contribution in [-0.4, -0.2) is 22.0 Å². The lowest BCUT2D eigenvalue weighted by Gasteiger charge is -2.01. The molecular weight excluding hydrogens is 382 g/mol. The highest BCUT2D eigenvalue weighted by molar-refractivity contribution is 7.16. The molecule has 0 fully saturated rings. The Hall–Kier alpha value is -3.46. The van der Waals surface area contributed by atoms with Crippen molar-refractivity contribution in [1.82, 2.24) is 4.57 Å². The Kier molecular flexibility index (Phi) is 4.44. The SMILES string of the molecule is CCOc1cccc2cc(C(=O)N=c3sc4ccc([N+](=O)[O-])cc4n3C)oc12. The van der Waals surface area contributed by atoms with Gasteiger partial charge in [-0.25, -0.2) is 0 Å². The third kappa shape index (κ3) is 3.05. The number of nitro benzene ring substituents is 1. The van der Waals surface area contributed by atoms with Crippen molar-refractivity contribution in [2.24, 2.45) is 12.0 Å². The average molecular weight is 397 g/mol. The summed E-state index contributed by atoms with van der Waals surface area (Å²) >= 11 is 1.27. The van der Waals surface area contributed by atoms with Crippen LogP contribution in [0.1, 0.15) is 17.5 Å². The van der Waals surface area contributed by atoms with Crippen molar-refractivity contribution in [2.45, 2.75) is 6.92 Å². The lowest BCUT2D eigenvalue weighted by molar-refractivity contribution is -0.384. The molecule has 0 N–H and O–H groups in total. The quantitative estimate of drug-likeness (QED) is 0.382. The van der Waals surface area contributed by atoms with Crippen LogP contribution in [0.5, 0.6) is 5.75 Å². The fraction of sp³-hybridized carbons (Fsp3) is 0.158. The monoisotopic (exact) mass is 397 g/mol. The molecule has 0 bridgehead atoms. The van der Waals surface area contributed by atoms with Gasteiger partial charge in [-0.05, 0) is 25.1 Å². The first-order chi connectivity index (χ1) is 13.5. The van der Waals surface area contributed by atoms with Crippen LogP contribution in [0, 0.1) is 10.1 Å². The van der Waals surface area contributed by atoms with Gasteiger partial charge >= 0.3 is 5.91 Å². The molecule has 2 aromatic heterocycles. The number of para-hydroxylation sites is 1. The van der Waals surface area contributed by atoms with Crippen molar-refractivity contribution >= 4 is 44.1 Å². The molecule has 2 aromatic carbocycles. The molecule has 4 rings (SSSR count). The van der Waals surface area contributed by atoms with Gasteiger partial charge in [0.25, 0.3) is 5.69 Å². The van der Waals surface area contributed by atoms with Crippen LogP contribution in [0.3, 0.4) is 0 Å². The van der Waals surface area contributed by atoms with E-state index in [0.29, 0.717) is 28.3 Å². The summed E-state index contributed by atoms with van der Waals surface area (Å²) in [6, 6.07) is 11.6. The summed E-state index contributed by atoms with van der Waals surface area (Å²) in [5, 5.41) is 11.7. The number of amides is 1. The smallest absolute Gasteiger partial charge is 0.315 e. The van der Waals surface area contributed by atoms with E-state index in [1.54, 1.807) is 29.8 Å². The molecule has 0 aliphatic carbocycles. The van der Waals surface area contributed by atoms with E-state index in [0.717, 1.165) is 10.1 Å². The molecule has 2 heterocycles. The van der Waals surface area contributed by atoms with Gasteiger partial charge in [0.1, 0.15) is 0 Å². The lowest BCUT2D eigenvalue weighted by Crippen LogP contribution is -2.13. The fourth-order valence-corrected chi connectivity index (χ4v) is 3.89. The maximum atomic E-state index is 12.6. The number of furan rings is 1. The second-order valence-corrected chi connectivity index (χ2v) is 7.00. The number of ether oxygens (including phenoxy) is 1. The molecule has 0 aliphatic heterocycles. The van der Waals surface area contributed by atoms with Crippen molar-refractivity contribution in [3.63, 3.8) is 0 Å². The molecular formula is C19H15N3O5S. The third-order valence-electron chi connectivity index (χ3n) is 4.22. The Balaban J connectivity index is 1.78. The first-order valence-electron chi connectivity index (χ1n) is 8.46. The molecule has 0 saturated heterocycles. The number of thiazole rings is 1. The van der Waals surface area contributed by atoms with E-state index in [1.807, 2.05) is 19.1 Å². The zero-order valence-corrected chi connectivity index (χ0v) is 15.9. The maximum Gasteiger partial charge on any atom is 0.315 e. The van der Waals surface area contributed by atoms with Gasteiger partial charge in [-0.3, -0.25) is 14.9 Å². The van der Waals surface area contributed by atoms with Gasteiger partial charge in [0.2, 0.25) is 0 Å². The number of nitrogens with zero attached hydrogens (tertiary/aromatic N) is 3. The van der Waals surface area contributed by atoms with Gasteiger partial charge in [0.15, 0.2) is 21.9 Å². The minimum atomic E-state index is -0.532. The zero-order chi connectivity index (χ0) is 19.8. The summed E-state index contributed by atoms with van der Waals surface area (Å²) in [4.78, 5) is 27.7. The number of aromatic nitrogens is 1. The van der Waals surface area contributed by atoms with Crippen molar-refractivity contribution in [2.75, 3.05) is 6.61 Å². The van der Waals surface area contributed by atoms with E-state index in [-0.39, 0.29) is 11.4 Å². The number of rotatable bonds is 4. The summed E-state index contributed by atoms with van der Waals surface area (Å²) in [6.45, 7) is 2.35. The molecule has 0 aliphatic rings. The topological polar surface area (TPSA) is 99.9 Å². The second-order valence-electron chi connectivity index (χ2n) is 5.99. The Morgan fingerprint density at radius 2 is 2.14 bits per heavy atom. The Labute approximate surface area is 162 Å². The van der Waals surface area contributed by atoms with E-state index in [4.69, 9.17) is 9.15 Å². The van der Waals surface area contributed by atoms with E-state index in [2.05, 4.69) is 4.99 Å². The molecule has 4 aromatic rings. The summed E-state index contributed by atoms with van der Waals surface area (Å²) < 4.78 is 13.7. The highest BCUT2D eigenvalue weighted by Crippen LogP contribution is 2.29. The summed E-state index contributed by atoms with van der Waals surface area (Å²) in [5.74, 6) is 0.139. The van der Waals surface area contributed by atoms with E-state index in [1.165, 1.54) is 23.5 Å². The molecule has 0 spiro atoms. The van der Waals surface area contributed by atoms with E-state index >= 15 is 0 Å². The Morgan fingerprint density at radius 1 is 1.32 bits per heavy atom. The summed E-state index contributed by atoms with van der Waals surface area (Å²) in [7, 11) is 1.71.